The Morgan fingerprint density at radius 3 is 2.59 bits per heavy atom. The van der Waals surface area contributed by atoms with Gasteiger partial charge in [-0.3, -0.25) is 4.79 Å². The average molecular weight is 235 g/mol. The van der Waals surface area contributed by atoms with Gasteiger partial charge >= 0.3 is 0 Å². The molecule has 1 aromatic carbocycles. The van der Waals surface area contributed by atoms with Crippen LogP contribution in [-0.4, -0.2) is 17.6 Å². The van der Waals surface area contributed by atoms with Crippen LogP contribution in [0.2, 0.25) is 0 Å². The Morgan fingerprint density at radius 2 is 2.00 bits per heavy atom. The molecule has 3 nitrogen and oxygen atoms in total. The summed E-state index contributed by atoms with van der Waals surface area (Å²) in [4.78, 5) is 11.4. The number of aliphatic hydroxyl groups is 1. The van der Waals surface area contributed by atoms with E-state index in [1.54, 1.807) is 0 Å². The van der Waals surface area contributed by atoms with Gasteiger partial charge < -0.3 is 10.4 Å². The predicted octanol–water partition coefficient (Wildman–Crippen LogP) is 2.33. The number of nitrogens with one attached hydrogen (secondary N) is 1. The Hall–Kier alpha value is -1.35. The molecule has 1 rings (SSSR count). The molecular formula is C14H21NO2. The number of benzene rings is 1. The third-order valence-corrected chi connectivity index (χ3v) is 2.68. The van der Waals surface area contributed by atoms with E-state index in [0.717, 1.165) is 12.0 Å². The lowest BCUT2D eigenvalue weighted by atomic mass is 10.0. The molecule has 17 heavy (non-hydrogen) atoms. The highest BCUT2D eigenvalue weighted by Crippen LogP contribution is 2.18. The molecule has 0 saturated carbocycles. The first-order chi connectivity index (χ1) is 8.13. The molecule has 0 aliphatic rings. The second-order valence-electron chi connectivity index (χ2n) is 4.32. The molecule has 1 amide bonds. The maximum Gasteiger partial charge on any atom is 0.220 e. The number of hydrogen-bond acceptors (Lipinski definition) is 2. The van der Waals surface area contributed by atoms with E-state index in [2.05, 4.69) is 5.32 Å². The highest BCUT2D eigenvalue weighted by molar-refractivity contribution is 5.75. The van der Waals surface area contributed by atoms with Crippen LogP contribution in [-0.2, 0) is 4.79 Å². The van der Waals surface area contributed by atoms with Gasteiger partial charge in [0.15, 0.2) is 0 Å². The molecular weight excluding hydrogens is 214 g/mol. The lowest BCUT2D eigenvalue weighted by Crippen LogP contribution is -2.24. The molecule has 1 aromatic rings. The Morgan fingerprint density at radius 1 is 1.35 bits per heavy atom. The fraction of sp³-hybridized carbons (Fsp3) is 0.500. The molecule has 2 N–H and O–H groups in total. The molecule has 0 aromatic heterocycles. The zero-order valence-corrected chi connectivity index (χ0v) is 10.6. The van der Waals surface area contributed by atoms with Gasteiger partial charge in [-0.1, -0.05) is 36.8 Å². The maximum atomic E-state index is 11.4. The van der Waals surface area contributed by atoms with Gasteiger partial charge in [-0.2, -0.15) is 0 Å². The predicted molar refractivity (Wildman–Crippen MR) is 68.7 cm³/mol. The Labute approximate surface area is 103 Å². The Balaban J connectivity index is 2.36. The molecule has 1 unspecified atom stereocenters. The van der Waals surface area contributed by atoms with Crippen LogP contribution in [0, 0.1) is 6.92 Å². The second-order valence-corrected chi connectivity index (χ2v) is 4.32. The van der Waals surface area contributed by atoms with Crippen molar-refractivity contribution in [3.63, 3.8) is 0 Å². The largest absolute Gasteiger partial charge is 0.388 e. The van der Waals surface area contributed by atoms with Crippen LogP contribution in [0.5, 0.6) is 0 Å². The summed E-state index contributed by atoms with van der Waals surface area (Å²) >= 11 is 0. The van der Waals surface area contributed by atoms with Gasteiger partial charge in [0.1, 0.15) is 0 Å². The summed E-state index contributed by atoms with van der Waals surface area (Å²) in [6, 6.07) is 7.75. The van der Waals surface area contributed by atoms with Crippen molar-refractivity contribution in [2.45, 2.75) is 39.2 Å². The van der Waals surface area contributed by atoms with Crippen LogP contribution in [0.25, 0.3) is 0 Å². The van der Waals surface area contributed by atoms with Crippen molar-refractivity contribution in [2.24, 2.45) is 0 Å². The van der Waals surface area contributed by atoms with Crippen LogP contribution >= 0.6 is 0 Å². The molecule has 0 aliphatic carbocycles. The van der Waals surface area contributed by atoms with Gasteiger partial charge in [0.2, 0.25) is 5.91 Å². The Bertz CT molecular complexity index is 346. The van der Waals surface area contributed by atoms with Crippen LogP contribution in [0.4, 0.5) is 0 Å². The number of amides is 1. The molecule has 0 aliphatic heterocycles. The van der Waals surface area contributed by atoms with Crippen molar-refractivity contribution in [3.05, 3.63) is 35.4 Å². The van der Waals surface area contributed by atoms with E-state index in [-0.39, 0.29) is 5.91 Å². The molecule has 0 heterocycles. The fourth-order valence-corrected chi connectivity index (χ4v) is 1.58. The van der Waals surface area contributed by atoms with Crippen molar-refractivity contribution in [3.8, 4) is 0 Å². The minimum atomic E-state index is -0.553. The van der Waals surface area contributed by atoms with Crippen LogP contribution in [0.3, 0.4) is 0 Å². The molecule has 0 fully saturated rings. The number of carbonyl (C=O) groups is 1. The van der Waals surface area contributed by atoms with E-state index in [0.29, 0.717) is 19.4 Å². The highest BCUT2D eigenvalue weighted by atomic mass is 16.3. The van der Waals surface area contributed by atoms with Gasteiger partial charge in [0.05, 0.1) is 6.10 Å². The van der Waals surface area contributed by atoms with Crippen molar-refractivity contribution >= 4 is 5.91 Å². The smallest absolute Gasteiger partial charge is 0.220 e. The van der Waals surface area contributed by atoms with E-state index in [4.69, 9.17) is 0 Å². The van der Waals surface area contributed by atoms with E-state index in [9.17, 15) is 9.90 Å². The summed E-state index contributed by atoms with van der Waals surface area (Å²) in [5.41, 5.74) is 2.04. The van der Waals surface area contributed by atoms with Crippen LogP contribution in [0.15, 0.2) is 24.3 Å². The maximum absolute atomic E-state index is 11.4. The third kappa shape index (κ3) is 5.00. The summed E-state index contributed by atoms with van der Waals surface area (Å²) in [6.07, 6.45) is 1.22. The summed E-state index contributed by atoms with van der Waals surface area (Å²) in [5, 5.41) is 12.7. The van der Waals surface area contributed by atoms with E-state index in [1.165, 1.54) is 5.56 Å². The molecule has 0 spiro atoms. The van der Waals surface area contributed by atoms with Crippen molar-refractivity contribution < 1.29 is 9.90 Å². The zero-order chi connectivity index (χ0) is 12.7. The zero-order valence-electron chi connectivity index (χ0n) is 10.6. The highest BCUT2D eigenvalue weighted by Gasteiger charge is 2.09. The van der Waals surface area contributed by atoms with Crippen LogP contribution < -0.4 is 5.32 Å². The average Bonchev–Trinajstić information content (AvgIpc) is 2.34. The number of rotatable bonds is 6. The lowest BCUT2D eigenvalue weighted by molar-refractivity contribution is -0.121. The van der Waals surface area contributed by atoms with E-state index in [1.807, 2.05) is 38.1 Å². The first-order valence-corrected chi connectivity index (χ1v) is 6.14. The minimum Gasteiger partial charge on any atom is -0.388 e. The van der Waals surface area contributed by atoms with Crippen LogP contribution in [0.1, 0.15) is 43.4 Å². The summed E-state index contributed by atoms with van der Waals surface area (Å²) in [7, 11) is 0. The number of aryl methyl sites for hydroxylation is 1. The fourth-order valence-electron chi connectivity index (χ4n) is 1.58. The first kappa shape index (κ1) is 13.7. The topological polar surface area (TPSA) is 49.3 Å². The molecule has 1 atom stereocenters. The van der Waals surface area contributed by atoms with Gasteiger partial charge in [-0.15, -0.1) is 0 Å². The van der Waals surface area contributed by atoms with Gasteiger partial charge in [-0.25, -0.2) is 0 Å². The standard InChI is InChI=1S/C14H21NO2/c1-3-10-15-14(17)9-8-13(16)12-6-4-11(2)5-7-12/h4-7,13,16H,3,8-10H2,1-2H3,(H,15,17). The second kappa shape index (κ2) is 7.07. The number of aliphatic hydroxyl groups excluding tert-OH is 1. The first-order valence-electron chi connectivity index (χ1n) is 6.14. The normalized spacial score (nSPS) is 12.2. The third-order valence-electron chi connectivity index (χ3n) is 2.68. The van der Waals surface area contributed by atoms with Crippen molar-refractivity contribution in [1.82, 2.24) is 5.32 Å². The molecule has 0 radical (unpaired) electrons. The quantitative estimate of drug-likeness (QED) is 0.795. The summed E-state index contributed by atoms with van der Waals surface area (Å²) < 4.78 is 0. The molecule has 0 bridgehead atoms. The SMILES string of the molecule is CCCNC(=O)CCC(O)c1ccc(C)cc1. The Kier molecular flexibility index (Phi) is 5.70. The molecule has 0 saturated heterocycles. The van der Waals surface area contributed by atoms with E-state index >= 15 is 0 Å². The van der Waals surface area contributed by atoms with Crippen molar-refractivity contribution in [1.29, 1.82) is 0 Å². The van der Waals surface area contributed by atoms with Gasteiger partial charge in [0.25, 0.3) is 0 Å². The monoisotopic (exact) mass is 235 g/mol. The van der Waals surface area contributed by atoms with E-state index < -0.39 is 6.10 Å². The minimum absolute atomic E-state index is 0.0120. The summed E-state index contributed by atoms with van der Waals surface area (Å²) in [5.74, 6) is 0.0120. The number of carbonyl (C=O) groups excluding carboxylic acids is 1. The summed E-state index contributed by atoms with van der Waals surface area (Å²) in [6.45, 7) is 4.73. The van der Waals surface area contributed by atoms with Crippen molar-refractivity contribution in [2.75, 3.05) is 6.54 Å². The molecule has 94 valence electrons. The molecule has 3 heteroatoms. The number of hydrogen-bond donors (Lipinski definition) is 2. The lowest BCUT2D eigenvalue weighted by Gasteiger charge is -2.11. The van der Waals surface area contributed by atoms with Gasteiger partial charge in [-0.05, 0) is 25.3 Å². The van der Waals surface area contributed by atoms with Gasteiger partial charge in [0, 0.05) is 13.0 Å².